The van der Waals surface area contributed by atoms with Crippen molar-refractivity contribution < 1.29 is 0 Å². The molecule has 0 aromatic carbocycles. The zero-order valence-corrected chi connectivity index (χ0v) is 17.8. The summed E-state index contributed by atoms with van der Waals surface area (Å²) < 4.78 is 4.01. The summed E-state index contributed by atoms with van der Waals surface area (Å²) in [4.78, 5) is 0. The molecule has 2 heterocycles. The second-order valence-electron chi connectivity index (χ2n) is 5.98. The third-order valence-corrected chi connectivity index (χ3v) is 3.93. The van der Waals surface area contributed by atoms with Crippen LogP contribution >= 0.6 is 34.0 Å². The van der Waals surface area contributed by atoms with Crippen LogP contribution in [0.2, 0.25) is 0 Å². The number of hydrogen-bond donors (Lipinski definition) is 2. The van der Waals surface area contributed by atoms with Crippen LogP contribution in [0.25, 0.3) is 0 Å². The van der Waals surface area contributed by atoms with E-state index in [2.05, 4.69) is 12.1 Å². The summed E-state index contributed by atoms with van der Waals surface area (Å²) in [6.45, 7) is 5.87. The summed E-state index contributed by atoms with van der Waals surface area (Å²) in [7, 11) is 0. The minimum Gasteiger partial charge on any atom is -0.334 e. The summed E-state index contributed by atoms with van der Waals surface area (Å²) >= 11 is 0. The topological polar surface area (TPSA) is 57.6 Å². The van der Waals surface area contributed by atoms with Gasteiger partial charge in [0, 0.05) is 25.5 Å². The van der Waals surface area contributed by atoms with E-state index in [0.29, 0.717) is 11.0 Å². The molecule has 6 heteroatoms. The number of rotatable bonds is 7. The fourth-order valence-electron chi connectivity index (χ4n) is 2.58. The SMILES string of the molecule is Br.Br.Cc1ccn(CCCCCCn2ccc(C)cc2=N)c(=N)c1. The average Bonchev–Trinajstić information content (AvgIpc) is 2.46. The van der Waals surface area contributed by atoms with Crippen molar-refractivity contribution >= 4 is 34.0 Å². The first kappa shape index (κ1) is 22.9. The molecule has 0 aliphatic heterocycles. The van der Waals surface area contributed by atoms with Crippen molar-refractivity contribution in [3.63, 3.8) is 0 Å². The summed E-state index contributed by atoms with van der Waals surface area (Å²) in [5, 5.41) is 15.8. The first-order chi connectivity index (χ1) is 10.6. The van der Waals surface area contributed by atoms with Crippen LogP contribution in [0.1, 0.15) is 36.8 Å². The maximum Gasteiger partial charge on any atom is 0.124 e. The third-order valence-electron chi connectivity index (χ3n) is 3.93. The van der Waals surface area contributed by atoms with Crippen LogP contribution in [-0.4, -0.2) is 9.13 Å². The van der Waals surface area contributed by atoms with Crippen molar-refractivity contribution in [1.29, 1.82) is 10.8 Å². The van der Waals surface area contributed by atoms with Gasteiger partial charge in [-0.25, -0.2) is 0 Å². The van der Waals surface area contributed by atoms with E-state index in [1.54, 1.807) is 0 Å². The number of pyridine rings is 2. The Balaban J connectivity index is 0.00000264. The van der Waals surface area contributed by atoms with Crippen LogP contribution in [0.15, 0.2) is 36.7 Å². The fraction of sp³-hybridized carbons (Fsp3) is 0.444. The first-order valence-corrected chi connectivity index (χ1v) is 7.99. The monoisotopic (exact) mass is 458 g/mol. The lowest BCUT2D eigenvalue weighted by Crippen LogP contribution is -2.19. The van der Waals surface area contributed by atoms with Crippen LogP contribution in [0.3, 0.4) is 0 Å². The molecule has 24 heavy (non-hydrogen) atoms. The molecule has 0 aliphatic rings. The molecule has 2 N–H and O–H groups in total. The first-order valence-electron chi connectivity index (χ1n) is 7.99. The van der Waals surface area contributed by atoms with Gasteiger partial charge in [-0.3, -0.25) is 10.8 Å². The second kappa shape index (κ2) is 11.4. The Morgan fingerprint density at radius 2 is 1.08 bits per heavy atom. The van der Waals surface area contributed by atoms with Crippen molar-refractivity contribution in [2.75, 3.05) is 0 Å². The Morgan fingerprint density at radius 3 is 1.42 bits per heavy atom. The van der Waals surface area contributed by atoms with Gasteiger partial charge in [0.15, 0.2) is 0 Å². The third kappa shape index (κ3) is 7.18. The van der Waals surface area contributed by atoms with Crippen molar-refractivity contribution in [3.05, 3.63) is 58.8 Å². The van der Waals surface area contributed by atoms with Crippen LogP contribution in [-0.2, 0) is 13.1 Å². The highest BCUT2D eigenvalue weighted by Crippen LogP contribution is 2.03. The Morgan fingerprint density at radius 1 is 0.708 bits per heavy atom. The molecule has 2 aromatic heterocycles. The number of unbranched alkanes of at least 4 members (excludes halogenated alkanes) is 3. The van der Waals surface area contributed by atoms with E-state index in [1.807, 2.05) is 47.5 Å². The van der Waals surface area contributed by atoms with Crippen LogP contribution < -0.4 is 11.0 Å². The smallest absolute Gasteiger partial charge is 0.124 e. The molecule has 2 aromatic rings. The lowest BCUT2D eigenvalue weighted by molar-refractivity contribution is 0.521. The quantitative estimate of drug-likeness (QED) is 0.580. The molecule has 0 unspecified atom stereocenters. The van der Waals surface area contributed by atoms with E-state index in [9.17, 15) is 0 Å². The molecule has 0 spiro atoms. The number of aromatic nitrogens is 2. The molecule has 2 rings (SSSR count). The fourth-order valence-corrected chi connectivity index (χ4v) is 2.58. The number of halogens is 2. The van der Waals surface area contributed by atoms with E-state index in [0.717, 1.165) is 37.1 Å². The van der Waals surface area contributed by atoms with E-state index in [4.69, 9.17) is 10.8 Å². The normalized spacial score (nSPS) is 9.92. The Bertz CT molecular complexity index is 671. The minimum atomic E-state index is 0. The highest BCUT2D eigenvalue weighted by Gasteiger charge is 1.96. The van der Waals surface area contributed by atoms with E-state index >= 15 is 0 Å². The van der Waals surface area contributed by atoms with Crippen LogP contribution in [0.5, 0.6) is 0 Å². The van der Waals surface area contributed by atoms with Gasteiger partial charge in [0.2, 0.25) is 0 Å². The van der Waals surface area contributed by atoms with E-state index < -0.39 is 0 Å². The van der Waals surface area contributed by atoms with Gasteiger partial charge in [0.25, 0.3) is 0 Å². The van der Waals surface area contributed by atoms with E-state index in [1.165, 1.54) is 12.8 Å². The Labute approximate surface area is 165 Å². The van der Waals surface area contributed by atoms with Gasteiger partial charge in [-0.2, -0.15) is 0 Å². The molecule has 134 valence electrons. The number of nitrogens with zero attached hydrogens (tertiary/aromatic N) is 2. The van der Waals surface area contributed by atoms with E-state index in [-0.39, 0.29) is 34.0 Å². The Kier molecular flexibility index (Phi) is 10.9. The standard InChI is InChI=1S/C18H26N4.2BrH/c1-15-7-11-21(17(19)13-15)9-5-3-4-6-10-22-12-8-16(2)14-18(22)20;;/h7-8,11-14,19-20H,3-6,9-10H2,1-2H3;2*1H. The minimum absolute atomic E-state index is 0. The lowest BCUT2D eigenvalue weighted by Gasteiger charge is -2.09. The highest BCUT2D eigenvalue weighted by atomic mass is 79.9. The Hall–Kier alpha value is -1.14. The van der Waals surface area contributed by atoms with Gasteiger partial charge in [-0.05, 0) is 62.1 Å². The van der Waals surface area contributed by atoms with Gasteiger partial charge >= 0.3 is 0 Å². The van der Waals surface area contributed by atoms with Crippen LogP contribution in [0, 0.1) is 24.7 Å². The molecule has 0 bridgehead atoms. The molecule has 0 aliphatic carbocycles. The maximum atomic E-state index is 7.92. The van der Waals surface area contributed by atoms with Crippen LogP contribution in [0.4, 0.5) is 0 Å². The molecule has 0 radical (unpaired) electrons. The van der Waals surface area contributed by atoms with Crippen molar-refractivity contribution in [1.82, 2.24) is 9.13 Å². The molecule has 0 saturated carbocycles. The molecular formula is C18H28Br2N4. The van der Waals surface area contributed by atoms with Gasteiger partial charge < -0.3 is 9.13 Å². The number of aryl methyl sites for hydroxylation is 4. The van der Waals surface area contributed by atoms with Crippen molar-refractivity contribution in [3.8, 4) is 0 Å². The summed E-state index contributed by atoms with van der Waals surface area (Å²) in [6.07, 6.45) is 8.55. The average molecular weight is 460 g/mol. The molecule has 0 fully saturated rings. The van der Waals surface area contributed by atoms with Crippen molar-refractivity contribution in [2.24, 2.45) is 0 Å². The summed E-state index contributed by atoms with van der Waals surface area (Å²) in [5.41, 5.74) is 3.47. The molecule has 0 saturated heterocycles. The molecule has 4 nitrogen and oxygen atoms in total. The molecular weight excluding hydrogens is 432 g/mol. The molecule has 0 atom stereocenters. The largest absolute Gasteiger partial charge is 0.334 e. The van der Waals surface area contributed by atoms with Gasteiger partial charge in [-0.1, -0.05) is 12.8 Å². The second-order valence-corrected chi connectivity index (χ2v) is 5.98. The summed E-state index contributed by atoms with van der Waals surface area (Å²) in [5.74, 6) is 0. The van der Waals surface area contributed by atoms with Crippen molar-refractivity contribution in [2.45, 2.75) is 52.6 Å². The predicted molar refractivity (Wildman–Crippen MR) is 109 cm³/mol. The highest BCUT2D eigenvalue weighted by molar-refractivity contribution is 8.93. The lowest BCUT2D eigenvalue weighted by atomic mass is 10.2. The molecule has 0 amide bonds. The van der Waals surface area contributed by atoms with Gasteiger partial charge in [0.1, 0.15) is 11.0 Å². The number of nitrogens with one attached hydrogen (secondary N) is 2. The number of hydrogen-bond acceptors (Lipinski definition) is 2. The zero-order valence-electron chi connectivity index (χ0n) is 14.4. The maximum absolute atomic E-state index is 7.92. The predicted octanol–water partition coefficient (Wildman–Crippen LogP) is 4.28. The van der Waals surface area contributed by atoms with Gasteiger partial charge in [0.05, 0.1) is 0 Å². The zero-order chi connectivity index (χ0) is 15.9. The van der Waals surface area contributed by atoms with Gasteiger partial charge in [-0.15, -0.1) is 34.0 Å². The summed E-state index contributed by atoms with van der Waals surface area (Å²) in [6, 6.07) is 7.93.